The van der Waals surface area contributed by atoms with Crippen LogP contribution in [0.4, 0.5) is 0 Å². The van der Waals surface area contributed by atoms with E-state index in [4.69, 9.17) is 11.6 Å². The summed E-state index contributed by atoms with van der Waals surface area (Å²) in [6.07, 6.45) is 3.08. The molecule has 8 heteroatoms. The molecule has 4 rings (SSSR count). The molecule has 0 N–H and O–H groups in total. The highest BCUT2D eigenvalue weighted by Crippen LogP contribution is 2.22. The van der Waals surface area contributed by atoms with E-state index in [0.29, 0.717) is 22.1 Å². The van der Waals surface area contributed by atoms with Crippen molar-refractivity contribution in [3.63, 3.8) is 0 Å². The zero-order chi connectivity index (χ0) is 14.4. The number of aromatic nitrogens is 6. The Hall–Kier alpha value is -2.12. The Morgan fingerprint density at radius 1 is 1.14 bits per heavy atom. The summed E-state index contributed by atoms with van der Waals surface area (Å²) < 4.78 is 3.74. The van der Waals surface area contributed by atoms with Gasteiger partial charge in [0.2, 0.25) is 0 Å². The van der Waals surface area contributed by atoms with Crippen LogP contribution in [0.15, 0.2) is 36.9 Å². The van der Waals surface area contributed by atoms with Crippen LogP contribution in [0.3, 0.4) is 0 Å². The standard InChI is InChI=1S/C13H9ClN6S/c14-12-11-13(16-6-15-12)19(7-17-11)20-9-4-2-1-3-8(9)18-10(20)5-21/h1-4,6-7,21H,5H2. The molecule has 1 aromatic carbocycles. The summed E-state index contributed by atoms with van der Waals surface area (Å²) in [7, 11) is 0. The molecule has 0 fully saturated rings. The minimum atomic E-state index is 0.329. The maximum absolute atomic E-state index is 6.06. The summed E-state index contributed by atoms with van der Waals surface area (Å²) in [4.78, 5) is 17.1. The third-order valence-corrected chi connectivity index (χ3v) is 3.79. The van der Waals surface area contributed by atoms with Crippen molar-refractivity contribution in [1.29, 1.82) is 0 Å². The van der Waals surface area contributed by atoms with Crippen LogP contribution in [0.25, 0.3) is 22.2 Å². The molecule has 0 aliphatic carbocycles. The van der Waals surface area contributed by atoms with E-state index in [0.717, 1.165) is 16.9 Å². The number of halogens is 1. The summed E-state index contributed by atoms with van der Waals surface area (Å²) in [6.45, 7) is 0. The molecule has 104 valence electrons. The molecule has 0 saturated carbocycles. The Morgan fingerprint density at radius 2 is 2.00 bits per heavy atom. The van der Waals surface area contributed by atoms with Gasteiger partial charge in [0.15, 0.2) is 10.8 Å². The quantitative estimate of drug-likeness (QED) is 0.456. The molecule has 3 aromatic heterocycles. The van der Waals surface area contributed by atoms with Crippen LogP contribution in [-0.4, -0.2) is 29.3 Å². The third kappa shape index (κ3) is 1.81. The van der Waals surface area contributed by atoms with Gasteiger partial charge in [-0.1, -0.05) is 23.7 Å². The Morgan fingerprint density at radius 3 is 2.86 bits per heavy atom. The molecule has 0 aliphatic rings. The molecule has 0 saturated heterocycles. The van der Waals surface area contributed by atoms with Crippen molar-refractivity contribution in [3.05, 3.63) is 47.9 Å². The minimum absolute atomic E-state index is 0.329. The lowest BCUT2D eigenvalue weighted by Crippen LogP contribution is -2.11. The molecule has 21 heavy (non-hydrogen) atoms. The zero-order valence-corrected chi connectivity index (χ0v) is 12.3. The van der Waals surface area contributed by atoms with E-state index in [1.807, 2.05) is 33.6 Å². The lowest BCUT2D eigenvalue weighted by atomic mass is 10.3. The Balaban J connectivity index is 2.11. The molecule has 0 bridgehead atoms. The van der Waals surface area contributed by atoms with Crippen molar-refractivity contribution in [3.8, 4) is 0 Å². The Kier molecular flexibility index (Phi) is 2.83. The zero-order valence-electron chi connectivity index (χ0n) is 10.7. The number of imidazole rings is 2. The summed E-state index contributed by atoms with van der Waals surface area (Å²) in [6, 6.07) is 7.86. The van der Waals surface area contributed by atoms with E-state index in [2.05, 4.69) is 32.6 Å². The van der Waals surface area contributed by atoms with Crippen LogP contribution in [0, 0.1) is 0 Å². The summed E-state index contributed by atoms with van der Waals surface area (Å²) in [5.41, 5.74) is 3.03. The molecule has 3 heterocycles. The molecule has 0 aliphatic heterocycles. The number of hydrogen-bond donors (Lipinski definition) is 1. The SMILES string of the molecule is SCc1nc2ccccc2n1-n1cnc2c(Cl)ncnc21. The van der Waals surface area contributed by atoms with E-state index in [1.54, 1.807) is 6.33 Å². The second kappa shape index (κ2) is 4.71. The second-order valence-corrected chi connectivity index (χ2v) is 5.09. The van der Waals surface area contributed by atoms with Gasteiger partial charge in [0.1, 0.15) is 24.0 Å². The highest BCUT2D eigenvalue weighted by atomic mass is 35.5. The number of hydrogen-bond acceptors (Lipinski definition) is 5. The van der Waals surface area contributed by atoms with E-state index in [9.17, 15) is 0 Å². The molecule has 0 radical (unpaired) electrons. The maximum atomic E-state index is 6.06. The Labute approximate surface area is 129 Å². The van der Waals surface area contributed by atoms with Gasteiger partial charge in [0, 0.05) is 0 Å². The van der Waals surface area contributed by atoms with Crippen LogP contribution in [0.5, 0.6) is 0 Å². The van der Waals surface area contributed by atoms with Gasteiger partial charge in [-0.3, -0.25) is 0 Å². The van der Waals surface area contributed by atoms with Crippen molar-refractivity contribution < 1.29 is 0 Å². The monoisotopic (exact) mass is 316 g/mol. The fourth-order valence-corrected chi connectivity index (χ4v) is 2.73. The van der Waals surface area contributed by atoms with Gasteiger partial charge < -0.3 is 0 Å². The molecular weight excluding hydrogens is 308 g/mol. The van der Waals surface area contributed by atoms with Crippen LogP contribution in [0.2, 0.25) is 5.15 Å². The molecule has 0 unspecified atom stereocenters. The first-order valence-corrected chi connectivity index (χ1v) is 7.22. The van der Waals surface area contributed by atoms with Crippen LogP contribution in [0.1, 0.15) is 5.82 Å². The summed E-state index contributed by atoms with van der Waals surface area (Å²) in [5.74, 6) is 1.29. The average Bonchev–Trinajstić information content (AvgIpc) is 3.08. The van der Waals surface area contributed by atoms with E-state index < -0.39 is 0 Å². The number of benzene rings is 1. The van der Waals surface area contributed by atoms with Crippen molar-refractivity contribution in [2.45, 2.75) is 5.75 Å². The van der Waals surface area contributed by atoms with Gasteiger partial charge in [-0.2, -0.15) is 12.6 Å². The molecule has 4 aromatic rings. The molecule has 0 amide bonds. The topological polar surface area (TPSA) is 61.4 Å². The van der Waals surface area contributed by atoms with Crippen LogP contribution >= 0.6 is 24.2 Å². The van der Waals surface area contributed by atoms with E-state index >= 15 is 0 Å². The predicted octanol–water partition coefficient (Wildman–Crippen LogP) is 2.57. The largest absolute Gasteiger partial charge is 0.230 e. The Bertz CT molecular complexity index is 960. The number of para-hydroxylation sites is 2. The van der Waals surface area contributed by atoms with E-state index in [-0.39, 0.29) is 0 Å². The van der Waals surface area contributed by atoms with Gasteiger partial charge in [0.25, 0.3) is 0 Å². The van der Waals surface area contributed by atoms with Crippen molar-refractivity contribution >= 4 is 46.4 Å². The van der Waals surface area contributed by atoms with Gasteiger partial charge in [0.05, 0.1) is 16.8 Å². The third-order valence-electron chi connectivity index (χ3n) is 3.23. The van der Waals surface area contributed by atoms with Crippen LogP contribution < -0.4 is 0 Å². The smallest absolute Gasteiger partial charge is 0.184 e. The lowest BCUT2D eigenvalue weighted by molar-refractivity contribution is 0.666. The normalized spacial score (nSPS) is 11.5. The second-order valence-electron chi connectivity index (χ2n) is 4.41. The molecule has 6 nitrogen and oxygen atoms in total. The van der Waals surface area contributed by atoms with Crippen molar-refractivity contribution in [2.24, 2.45) is 0 Å². The number of nitrogens with zero attached hydrogens (tertiary/aromatic N) is 6. The van der Waals surface area contributed by atoms with Gasteiger partial charge in [-0.25, -0.2) is 29.3 Å². The number of rotatable bonds is 2. The first kappa shape index (κ1) is 12.6. The molecule has 0 atom stereocenters. The van der Waals surface area contributed by atoms with Gasteiger partial charge in [-0.05, 0) is 12.1 Å². The first-order valence-electron chi connectivity index (χ1n) is 6.21. The molecule has 0 spiro atoms. The summed E-state index contributed by atoms with van der Waals surface area (Å²) in [5, 5.41) is 0.329. The maximum Gasteiger partial charge on any atom is 0.184 e. The highest BCUT2D eigenvalue weighted by molar-refractivity contribution is 7.79. The highest BCUT2D eigenvalue weighted by Gasteiger charge is 2.15. The van der Waals surface area contributed by atoms with Crippen LogP contribution in [-0.2, 0) is 5.75 Å². The van der Waals surface area contributed by atoms with E-state index in [1.165, 1.54) is 6.33 Å². The number of fused-ring (bicyclic) bond motifs is 2. The first-order chi connectivity index (χ1) is 10.3. The lowest BCUT2D eigenvalue weighted by Gasteiger charge is -2.09. The number of thiol groups is 1. The van der Waals surface area contributed by atoms with Crippen molar-refractivity contribution in [1.82, 2.24) is 29.3 Å². The minimum Gasteiger partial charge on any atom is -0.230 e. The average molecular weight is 317 g/mol. The van der Waals surface area contributed by atoms with Gasteiger partial charge >= 0.3 is 0 Å². The van der Waals surface area contributed by atoms with Crippen molar-refractivity contribution in [2.75, 3.05) is 0 Å². The fraction of sp³-hybridized carbons (Fsp3) is 0.0769. The summed E-state index contributed by atoms with van der Waals surface area (Å²) >= 11 is 10.4. The molecular formula is C13H9ClN6S. The predicted molar refractivity (Wildman–Crippen MR) is 83.6 cm³/mol. The fourth-order valence-electron chi connectivity index (χ4n) is 2.35. The van der Waals surface area contributed by atoms with Gasteiger partial charge in [-0.15, -0.1) is 0 Å².